The Kier molecular flexibility index (Phi) is 2.46. The van der Waals surface area contributed by atoms with Crippen LogP contribution >= 0.6 is 27.7 Å². The first-order chi connectivity index (χ1) is 5.06. The maximum atomic E-state index is 8.82. The predicted molar refractivity (Wildman–Crippen MR) is 52.1 cm³/mol. The molecule has 0 amide bonds. The first kappa shape index (κ1) is 8.89. The monoisotopic (exact) mass is 229 g/mol. The van der Waals surface area contributed by atoms with Gasteiger partial charge in [0.25, 0.3) is 0 Å². The third-order valence-corrected chi connectivity index (χ3v) is 2.88. The van der Waals surface area contributed by atoms with E-state index in [2.05, 4.69) is 22.0 Å². The molecule has 0 aromatic carbocycles. The lowest BCUT2D eigenvalue weighted by atomic mass is 9.92. The molecule has 0 aromatic heterocycles. The van der Waals surface area contributed by atoms with Crippen LogP contribution < -0.4 is 0 Å². The summed E-state index contributed by atoms with van der Waals surface area (Å²) in [5.41, 5.74) is -0.422. The fourth-order valence-corrected chi connectivity index (χ4v) is 3.13. The summed E-state index contributed by atoms with van der Waals surface area (Å²) in [5, 5.41) is 8.82. The SMILES string of the molecule is CC1=CC(C)(C#N)C=C(Br)S1. The number of halogens is 1. The molecule has 0 bridgehead atoms. The maximum absolute atomic E-state index is 8.82. The topological polar surface area (TPSA) is 23.8 Å². The zero-order valence-corrected chi connectivity index (χ0v) is 8.79. The minimum Gasteiger partial charge on any atom is -0.197 e. The van der Waals surface area contributed by atoms with Gasteiger partial charge in [-0.05, 0) is 40.8 Å². The maximum Gasteiger partial charge on any atom is 0.0934 e. The van der Waals surface area contributed by atoms with Gasteiger partial charge in [0, 0.05) is 0 Å². The Labute approximate surface area is 79.3 Å². The van der Waals surface area contributed by atoms with Crippen molar-refractivity contribution in [2.75, 3.05) is 0 Å². The van der Waals surface area contributed by atoms with Gasteiger partial charge in [0.1, 0.15) is 0 Å². The molecule has 1 rings (SSSR count). The first-order valence-electron chi connectivity index (χ1n) is 3.23. The summed E-state index contributed by atoms with van der Waals surface area (Å²) in [6.07, 6.45) is 3.90. The minimum absolute atomic E-state index is 0.422. The van der Waals surface area contributed by atoms with Gasteiger partial charge in [-0.25, -0.2) is 0 Å². The molecule has 1 aliphatic heterocycles. The molecule has 0 saturated heterocycles. The molecule has 0 N–H and O–H groups in total. The summed E-state index contributed by atoms with van der Waals surface area (Å²) >= 11 is 5.02. The molecular weight excluding hydrogens is 222 g/mol. The smallest absolute Gasteiger partial charge is 0.0934 e. The van der Waals surface area contributed by atoms with Crippen molar-refractivity contribution in [2.45, 2.75) is 13.8 Å². The molecule has 0 radical (unpaired) electrons. The molecule has 0 fully saturated rings. The largest absolute Gasteiger partial charge is 0.197 e. The van der Waals surface area contributed by atoms with E-state index in [1.54, 1.807) is 11.8 Å². The molecule has 1 unspecified atom stereocenters. The van der Waals surface area contributed by atoms with Gasteiger partial charge in [0.15, 0.2) is 0 Å². The highest BCUT2D eigenvalue weighted by molar-refractivity contribution is 9.14. The number of allylic oxidation sites excluding steroid dienone is 3. The van der Waals surface area contributed by atoms with Crippen LogP contribution in [0.15, 0.2) is 20.9 Å². The van der Waals surface area contributed by atoms with Crippen LogP contribution in [0.4, 0.5) is 0 Å². The molecule has 0 aliphatic carbocycles. The van der Waals surface area contributed by atoms with E-state index in [0.29, 0.717) is 0 Å². The Morgan fingerprint density at radius 3 is 2.73 bits per heavy atom. The molecule has 0 saturated carbocycles. The molecular formula is C8H8BrNS. The van der Waals surface area contributed by atoms with Gasteiger partial charge in [0.05, 0.1) is 15.3 Å². The fraction of sp³-hybridized carbons (Fsp3) is 0.375. The molecule has 3 heteroatoms. The van der Waals surface area contributed by atoms with Crippen molar-refractivity contribution in [1.29, 1.82) is 5.26 Å². The Bertz CT molecular complexity index is 254. The van der Waals surface area contributed by atoms with Gasteiger partial charge in [0.2, 0.25) is 0 Å². The lowest BCUT2D eigenvalue weighted by molar-refractivity contribution is 0.731. The molecule has 1 heterocycles. The standard InChI is InChI=1S/C8H8BrNS/c1-6-3-8(2,5-10)4-7(9)11-6/h3-4H,1-2H3. The van der Waals surface area contributed by atoms with Crippen LogP contribution in [-0.4, -0.2) is 0 Å². The Morgan fingerprint density at radius 1 is 1.64 bits per heavy atom. The zero-order chi connectivity index (χ0) is 8.48. The number of nitrogens with zero attached hydrogens (tertiary/aromatic N) is 1. The highest BCUT2D eigenvalue weighted by Crippen LogP contribution is 2.40. The second-order valence-corrected chi connectivity index (χ2v) is 5.37. The van der Waals surface area contributed by atoms with E-state index >= 15 is 0 Å². The van der Waals surface area contributed by atoms with Gasteiger partial charge in [-0.15, -0.1) is 0 Å². The molecule has 0 spiro atoms. The van der Waals surface area contributed by atoms with Crippen LogP contribution in [0.3, 0.4) is 0 Å². The van der Waals surface area contributed by atoms with Crippen LogP contribution in [0.5, 0.6) is 0 Å². The van der Waals surface area contributed by atoms with Crippen LogP contribution in [0.25, 0.3) is 0 Å². The molecule has 58 valence electrons. The molecule has 11 heavy (non-hydrogen) atoms. The second kappa shape index (κ2) is 3.04. The van der Waals surface area contributed by atoms with Crippen LogP contribution in [-0.2, 0) is 0 Å². The zero-order valence-electron chi connectivity index (χ0n) is 6.39. The quantitative estimate of drug-likeness (QED) is 0.636. The van der Waals surface area contributed by atoms with Gasteiger partial charge in [-0.3, -0.25) is 0 Å². The summed E-state index contributed by atoms with van der Waals surface area (Å²) in [4.78, 5) is 1.17. The van der Waals surface area contributed by atoms with Crippen LogP contribution in [0, 0.1) is 16.7 Å². The van der Waals surface area contributed by atoms with Crippen LogP contribution in [0.2, 0.25) is 0 Å². The van der Waals surface area contributed by atoms with Gasteiger partial charge < -0.3 is 0 Å². The third kappa shape index (κ3) is 2.11. The normalized spacial score (nSPS) is 30.4. The Morgan fingerprint density at radius 2 is 2.27 bits per heavy atom. The number of hydrogen-bond acceptors (Lipinski definition) is 2. The van der Waals surface area contributed by atoms with Crippen molar-refractivity contribution in [3.63, 3.8) is 0 Å². The summed E-state index contributed by atoms with van der Waals surface area (Å²) in [6.45, 7) is 3.91. The Balaban J connectivity index is 3.01. The first-order valence-corrected chi connectivity index (χ1v) is 4.84. The second-order valence-electron chi connectivity index (χ2n) is 2.70. The third-order valence-electron chi connectivity index (χ3n) is 1.42. The average Bonchev–Trinajstić information content (AvgIpc) is 1.84. The molecule has 1 atom stereocenters. The van der Waals surface area contributed by atoms with Gasteiger partial charge in [-0.1, -0.05) is 17.8 Å². The van der Waals surface area contributed by atoms with E-state index in [9.17, 15) is 0 Å². The van der Waals surface area contributed by atoms with Crippen molar-refractivity contribution < 1.29 is 0 Å². The van der Waals surface area contributed by atoms with E-state index < -0.39 is 5.41 Å². The summed E-state index contributed by atoms with van der Waals surface area (Å²) in [6, 6.07) is 2.24. The van der Waals surface area contributed by atoms with Gasteiger partial charge in [-0.2, -0.15) is 5.26 Å². The lowest BCUT2D eigenvalue weighted by Crippen LogP contribution is -2.08. The van der Waals surface area contributed by atoms with Crippen molar-refractivity contribution in [3.05, 3.63) is 20.9 Å². The summed E-state index contributed by atoms with van der Waals surface area (Å²) < 4.78 is 1.03. The van der Waals surface area contributed by atoms with E-state index in [1.807, 2.05) is 26.0 Å². The number of thioether (sulfide) groups is 1. The van der Waals surface area contributed by atoms with E-state index in [0.717, 1.165) is 3.81 Å². The summed E-state index contributed by atoms with van der Waals surface area (Å²) in [7, 11) is 0. The number of rotatable bonds is 0. The fourth-order valence-electron chi connectivity index (χ4n) is 0.977. The highest BCUT2D eigenvalue weighted by atomic mass is 79.9. The van der Waals surface area contributed by atoms with Crippen LogP contribution in [0.1, 0.15) is 13.8 Å². The number of nitriles is 1. The van der Waals surface area contributed by atoms with Crippen molar-refractivity contribution in [1.82, 2.24) is 0 Å². The van der Waals surface area contributed by atoms with Gasteiger partial charge >= 0.3 is 0 Å². The lowest BCUT2D eigenvalue weighted by Gasteiger charge is -2.18. The average molecular weight is 230 g/mol. The molecule has 1 aliphatic rings. The van der Waals surface area contributed by atoms with Crippen molar-refractivity contribution >= 4 is 27.7 Å². The van der Waals surface area contributed by atoms with Crippen molar-refractivity contribution in [2.24, 2.45) is 5.41 Å². The Hall–Kier alpha value is -0.200. The van der Waals surface area contributed by atoms with Crippen molar-refractivity contribution in [3.8, 4) is 6.07 Å². The van der Waals surface area contributed by atoms with E-state index in [1.165, 1.54) is 4.91 Å². The van der Waals surface area contributed by atoms with E-state index in [4.69, 9.17) is 5.26 Å². The minimum atomic E-state index is -0.422. The van der Waals surface area contributed by atoms with E-state index in [-0.39, 0.29) is 0 Å². The molecule has 1 nitrogen and oxygen atoms in total. The predicted octanol–water partition coefficient (Wildman–Crippen LogP) is 3.40. The highest BCUT2D eigenvalue weighted by Gasteiger charge is 2.22. The number of hydrogen-bond donors (Lipinski definition) is 0. The summed E-state index contributed by atoms with van der Waals surface area (Å²) in [5.74, 6) is 0. The molecule has 0 aromatic rings.